The van der Waals surface area contributed by atoms with E-state index in [1.807, 2.05) is 0 Å². The van der Waals surface area contributed by atoms with Crippen LogP contribution in [0.3, 0.4) is 0 Å². The quantitative estimate of drug-likeness (QED) is 0.892. The van der Waals surface area contributed by atoms with E-state index in [1.54, 1.807) is 0 Å². The number of hydrogen-bond acceptors (Lipinski definition) is 2. The van der Waals surface area contributed by atoms with Gasteiger partial charge in [-0.05, 0) is 37.2 Å². The van der Waals surface area contributed by atoms with Gasteiger partial charge < -0.3 is 5.11 Å². The summed E-state index contributed by atoms with van der Waals surface area (Å²) in [6.07, 6.45) is 0. The number of aliphatic hydroxyl groups is 1. The number of hydrogen-bond donors (Lipinski definition) is 1. The highest BCUT2D eigenvalue weighted by atomic mass is 16.3. The summed E-state index contributed by atoms with van der Waals surface area (Å²) in [6, 6.07) is 14.8. The molecule has 0 fully saturated rings. The zero-order chi connectivity index (χ0) is 13.2. The molecule has 0 unspecified atom stereocenters. The molecule has 0 spiro atoms. The molecule has 0 bridgehead atoms. The van der Waals surface area contributed by atoms with Crippen LogP contribution in [0, 0.1) is 0 Å². The summed E-state index contributed by atoms with van der Waals surface area (Å²) in [6.45, 7) is 5.11. The summed E-state index contributed by atoms with van der Waals surface area (Å²) in [4.78, 5) is 2.19. The van der Waals surface area contributed by atoms with E-state index in [0.717, 1.165) is 6.54 Å². The molecule has 0 aliphatic rings. The minimum Gasteiger partial charge on any atom is -0.394 e. The topological polar surface area (TPSA) is 23.5 Å². The van der Waals surface area contributed by atoms with E-state index < -0.39 is 0 Å². The summed E-state index contributed by atoms with van der Waals surface area (Å²) < 4.78 is 0. The molecule has 2 heteroatoms. The molecule has 0 aliphatic carbocycles. The molecular weight excluding hydrogens is 222 g/mol. The van der Waals surface area contributed by atoms with E-state index in [9.17, 15) is 5.11 Å². The molecule has 0 aliphatic heterocycles. The Morgan fingerprint density at radius 3 is 2.44 bits per heavy atom. The molecule has 1 N–H and O–H groups in total. The fourth-order valence-corrected chi connectivity index (χ4v) is 2.02. The third-order valence-corrected chi connectivity index (χ3v) is 3.71. The predicted octanol–water partition coefficient (Wildman–Crippen LogP) is 3.04. The molecule has 96 valence electrons. The molecule has 2 aromatic rings. The van der Waals surface area contributed by atoms with E-state index in [4.69, 9.17) is 0 Å². The number of rotatable bonds is 4. The van der Waals surface area contributed by atoms with Crippen molar-refractivity contribution < 1.29 is 5.11 Å². The molecule has 0 atom stereocenters. The first kappa shape index (κ1) is 13.1. The van der Waals surface area contributed by atoms with Crippen LogP contribution < -0.4 is 0 Å². The summed E-state index contributed by atoms with van der Waals surface area (Å²) >= 11 is 0. The lowest BCUT2D eigenvalue weighted by Crippen LogP contribution is -2.43. The molecule has 2 nitrogen and oxygen atoms in total. The zero-order valence-corrected chi connectivity index (χ0v) is 11.4. The maximum atomic E-state index is 9.41. The van der Waals surface area contributed by atoms with Crippen molar-refractivity contribution in [2.45, 2.75) is 25.9 Å². The van der Waals surface area contributed by atoms with Gasteiger partial charge in [-0.2, -0.15) is 0 Å². The highest BCUT2D eigenvalue weighted by Crippen LogP contribution is 2.22. The Kier molecular flexibility index (Phi) is 3.69. The molecule has 2 rings (SSSR count). The average Bonchev–Trinajstić information content (AvgIpc) is 2.39. The van der Waals surface area contributed by atoms with Crippen molar-refractivity contribution >= 4 is 10.8 Å². The highest BCUT2D eigenvalue weighted by Gasteiger charge is 2.22. The van der Waals surface area contributed by atoms with E-state index >= 15 is 0 Å². The van der Waals surface area contributed by atoms with Gasteiger partial charge >= 0.3 is 0 Å². The number of nitrogens with zero attached hydrogens (tertiary/aromatic N) is 1. The fourth-order valence-electron chi connectivity index (χ4n) is 2.02. The molecule has 0 radical (unpaired) electrons. The normalized spacial score (nSPS) is 12.3. The van der Waals surface area contributed by atoms with Gasteiger partial charge in [0.15, 0.2) is 0 Å². The Morgan fingerprint density at radius 1 is 1.06 bits per heavy atom. The first-order chi connectivity index (χ1) is 8.54. The molecule has 0 saturated carbocycles. The van der Waals surface area contributed by atoms with Crippen LogP contribution in [0.2, 0.25) is 0 Å². The molecule has 18 heavy (non-hydrogen) atoms. The monoisotopic (exact) mass is 243 g/mol. The van der Waals surface area contributed by atoms with Crippen LogP contribution in [-0.2, 0) is 6.54 Å². The van der Waals surface area contributed by atoms with Crippen molar-refractivity contribution in [3.8, 4) is 0 Å². The fraction of sp³-hybridized carbons (Fsp3) is 0.375. The summed E-state index contributed by atoms with van der Waals surface area (Å²) in [7, 11) is 2.05. The van der Waals surface area contributed by atoms with Crippen LogP contribution in [-0.4, -0.2) is 29.2 Å². The Bertz CT molecular complexity index is 528. The van der Waals surface area contributed by atoms with E-state index in [-0.39, 0.29) is 12.1 Å². The molecule has 0 amide bonds. The number of likely N-dealkylation sites (N-methyl/N-ethyl adjacent to an activating group) is 1. The van der Waals surface area contributed by atoms with Crippen LogP contribution in [0.15, 0.2) is 42.5 Å². The lowest BCUT2D eigenvalue weighted by molar-refractivity contribution is 0.0737. The zero-order valence-electron chi connectivity index (χ0n) is 11.4. The lowest BCUT2D eigenvalue weighted by Gasteiger charge is -2.34. The SMILES string of the molecule is CN(Cc1cccc2ccccc12)C(C)(C)CO. The Balaban J connectivity index is 2.32. The second kappa shape index (κ2) is 5.09. The van der Waals surface area contributed by atoms with Crippen molar-refractivity contribution in [3.63, 3.8) is 0 Å². The smallest absolute Gasteiger partial charge is 0.0610 e. The molecule has 0 aromatic heterocycles. The van der Waals surface area contributed by atoms with Gasteiger partial charge in [0.1, 0.15) is 0 Å². The van der Waals surface area contributed by atoms with Crippen LogP contribution in [0.1, 0.15) is 19.4 Å². The molecule has 2 aromatic carbocycles. The van der Waals surface area contributed by atoms with Crippen LogP contribution in [0.5, 0.6) is 0 Å². The van der Waals surface area contributed by atoms with Gasteiger partial charge in [0.2, 0.25) is 0 Å². The van der Waals surface area contributed by atoms with Crippen LogP contribution >= 0.6 is 0 Å². The minimum atomic E-state index is -0.197. The highest BCUT2D eigenvalue weighted by molar-refractivity contribution is 5.85. The number of fused-ring (bicyclic) bond motifs is 1. The Labute approximate surface area is 109 Å². The first-order valence-corrected chi connectivity index (χ1v) is 6.33. The third-order valence-electron chi connectivity index (χ3n) is 3.71. The lowest BCUT2D eigenvalue weighted by atomic mass is 10.0. The van der Waals surface area contributed by atoms with Gasteiger partial charge in [0.05, 0.1) is 6.61 Å². The van der Waals surface area contributed by atoms with Gasteiger partial charge in [-0.3, -0.25) is 4.90 Å². The van der Waals surface area contributed by atoms with E-state index in [1.165, 1.54) is 16.3 Å². The average molecular weight is 243 g/mol. The van der Waals surface area contributed by atoms with Crippen LogP contribution in [0.4, 0.5) is 0 Å². The maximum Gasteiger partial charge on any atom is 0.0610 e. The maximum absolute atomic E-state index is 9.41. The van der Waals surface area contributed by atoms with E-state index in [2.05, 4.69) is 68.3 Å². The van der Waals surface area contributed by atoms with Crippen molar-refractivity contribution in [1.29, 1.82) is 0 Å². The Hall–Kier alpha value is -1.38. The summed E-state index contributed by atoms with van der Waals surface area (Å²) in [5.41, 5.74) is 1.11. The second-order valence-electron chi connectivity index (χ2n) is 5.46. The van der Waals surface area contributed by atoms with Crippen LogP contribution in [0.25, 0.3) is 10.8 Å². The van der Waals surface area contributed by atoms with Gasteiger partial charge in [0, 0.05) is 12.1 Å². The van der Waals surface area contributed by atoms with Gasteiger partial charge in [-0.25, -0.2) is 0 Å². The Morgan fingerprint density at radius 2 is 1.72 bits per heavy atom. The van der Waals surface area contributed by atoms with Crippen molar-refractivity contribution in [2.75, 3.05) is 13.7 Å². The predicted molar refractivity (Wildman–Crippen MR) is 76.6 cm³/mol. The number of aliphatic hydroxyl groups excluding tert-OH is 1. The second-order valence-corrected chi connectivity index (χ2v) is 5.46. The van der Waals surface area contributed by atoms with E-state index in [0.29, 0.717) is 0 Å². The van der Waals surface area contributed by atoms with Gasteiger partial charge in [-0.1, -0.05) is 42.5 Å². The standard InChI is InChI=1S/C16H21NO/c1-16(2,12-18)17(3)11-14-9-6-8-13-7-4-5-10-15(13)14/h4-10,18H,11-12H2,1-3H3. The third kappa shape index (κ3) is 2.55. The van der Waals surface area contributed by atoms with Gasteiger partial charge in [-0.15, -0.1) is 0 Å². The summed E-state index contributed by atoms with van der Waals surface area (Å²) in [5.74, 6) is 0. The largest absolute Gasteiger partial charge is 0.394 e. The van der Waals surface area contributed by atoms with Crippen molar-refractivity contribution in [2.24, 2.45) is 0 Å². The van der Waals surface area contributed by atoms with Crippen molar-refractivity contribution in [1.82, 2.24) is 4.90 Å². The number of benzene rings is 2. The first-order valence-electron chi connectivity index (χ1n) is 6.33. The molecular formula is C16H21NO. The minimum absolute atomic E-state index is 0.161. The molecule has 0 heterocycles. The van der Waals surface area contributed by atoms with Crippen molar-refractivity contribution in [3.05, 3.63) is 48.0 Å². The van der Waals surface area contributed by atoms with Gasteiger partial charge in [0.25, 0.3) is 0 Å². The summed E-state index contributed by atoms with van der Waals surface area (Å²) in [5, 5.41) is 12.0. The molecule has 0 saturated heterocycles.